The molecule has 0 rings (SSSR count). The zero-order valence-corrected chi connectivity index (χ0v) is 7.63. The van der Waals surface area contributed by atoms with E-state index in [0.29, 0.717) is 0 Å². The Morgan fingerprint density at radius 2 is 2.00 bits per heavy atom. The Hall–Kier alpha value is -0.910. The Kier molecular flexibility index (Phi) is 3.73. The Bertz CT molecular complexity index is 171. The molecule has 1 atom stereocenters. The van der Waals surface area contributed by atoms with Gasteiger partial charge < -0.3 is 0 Å². The normalized spacial score (nSPS) is 14.8. The van der Waals surface area contributed by atoms with Crippen LogP contribution in [0.3, 0.4) is 0 Å². The van der Waals surface area contributed by atoms with Crippen molar-refractivity contribution in [3.05, 3.63) is 0 Å². The summed E-state index contributed by atoms with van der Waals surface area (Å²) in [7, 11) is 0. The topological polar surface area (TPSA) is 48.5 Å². The standard InChI is InChI=1S/C8H15N3/c1-5-7(6-9)10-11-8(2,3)4/h7H,5H2,1-4H3. The lowest BCUT2D eigenvalue weighted by molar-refractivity contribution is 0.524. The highest BCUT2D eigenvalue weighted by Gasteiger charge is 2.08. The molecule has 0 aliphatic heterocycles. The molecule has 0 N–H and O–H groups in total. The molecule has 0 heterocycles. The average molecular weight is 153 g/mol. The molecular formula is C8H15N3. The van der Waals surface area contributed by atoms with Crippen LogP contribution in [-0.4, -0.2) is 11.6 Å². The fourth-order valence-electron chi connectivity index (χ4n) is 0.442. The van der Waals surface area contributed by atoms with Crippen molar-refractivity contribution in [3.8, 4) is 6.07 Å². The lowest BCUT2D eigenvalue weighted by atomic mass is 10.1. The maximum Gasteiger partial charge on any atom is 0.157 e. The SMILES string of the molecule is CCC(C#N)N=NC(C)(C)C. The quantitative estimate of drug-likeness (QED) is 0.562. The molecule has 1 unspecified atom stereocenters. The van der Waals surface area contributed by atoms with Gasteiger partial charge in [-0.2, -0.15) is 15.5 Å². The zero-order chi connectivity index (χ0) is 8.91. The van der Waals surface area contributed by atoms with Gasteiger partial charge in [0.15, 0.2) is 6.04 Å². The van der Waals surface area contributed by atoms with E-state index >= 15 is 0 Å². The van der Waals surface area contributed by atoms with Crippen LogP contribution >= 0.6 is 0 Å². The predicted octanol–water partition coefficient (Wildman–Crippen LogP) is 2.54. The van der Waals surface area contributed by atoms with Gasteiger partial charge in [-0.25, -0.2) is 0 Å². The molecule has 3 heteroatoms. The molecule has 0 spiro atoms. The van der Waals surface area contributed by atoms with Crippen LogP contribution in [0.4, 0.5) is 0 Å². The van der Waals surface area contributed by atoms with Crippen molar-refractivity contribution < 1.29 is 0 Å². The van der Waals surface area contributed by atoms with Gasteiger partial charge in [0, 0.05) is 0 Å². The van der Waals surface area contributed by atoms with Crippen LogP contribution in [0.2, 0.25) is 0 Å². The molecule has 0 fully saturated rings. The second-order valence-corrected chi connectivity index (χ2v) is 3.44. The largest absolute Gasteiger partial charge is 0.196 e. The van der Waals surface area contributed by atoms with Crippen molar-refractivity contribution in [1.29, 1.82) is 5.26 Å². The molecule has 0 aromatic heterocycles. The first-order valence-electron chi connectivity index (χ1n) is 3.81. The molecule has 0 aliphatic rings. The first-order chi connectivity index (χ1) is 4.99. The van der Waals surface area contributed by atoms with Gasteiger partial charge in [-0.05, 0) is 27.2 Å². The monoisotopic (exact) mass is 153 g/mol. The number of hydrogen-bond acceptors (Lipinski definition) is 3. The van der Waals surface area contributed by atoms with E-state index in [2.05, 4.69) is 16.3 Å². The van der Waals surface area contributed by atoms with Crippen LogP contribution in [0.5, 0.6) is 0 Å². The summed E-state index contributed by atoms with van der Waals surface area (Å²) in [4.78, 5) is 0. The van der Waals surface area contributed by atoms with Gasteiger partial charge in [0.25, 0.3) is 0 Å². The summed E-state index contributed by atoms with van der Waals surface area (Å²) in [5.74, 6) is 0. The third-order valence-electron chi connectivity index (χ3n) is 1.03. The van der Waals surface area contributed by atoms with Crippen molar-refractivity contribution >= 4 is 0 Å². The molecule has 0 aromatic carbocycles. The number of nitrogens with zero attached hydrogens (tertiary/aromatic N) is 3. The number of azo groups is 1. The number of rotatable bonds is 2. The second-order valence-electron chi connectivity index (χ2n) is 3.44. The van der Waals surface area contributed by atoms with E-state index in [-0.39, 0.29) is 11.6 Å². The summed E-state index contributed by atoms with van der Waals surface area (Å²) in [6, 6.07) is 1.79. The van der Waals surface area contributed by atoms with Crippen molar-refractivity contribution in [2.45, 2.75) is 45.7 Å². The smallest absolute Gasteiger partial charge is 0.157 e. The van der Waals surface area contributed by atoms with Gasteiger partial charge in [0.05, 0.1) is 11.6 Å². The first kappa shape index (κ1) is 10.1. The molecule has 11 heavy (non-hydrogen) atoms. The minimum absolute atomic E-state index is 0.162. The zero-order valence-electron chi connectivity index (χ0n) is 7.63. The molecule has 0 aliphatic carbocycles. The first-order valence-corrected chi connectivity index (χ1v) is 3.81. The van der Waals surface area contributed by atoms with Gasteiger partial charge >= 0.3 is 0 Å². The van der Waals surface area contributed by atoms with Crippen LogP contribution in [0.15, 0.2) is 10.2 Å². The highest BCUT2D eigenvalue weighted by molar-refractivity contribution is 4.87. The molecular weight excluding hydrogens is 138 g/mol. The maximum absolute atomic E-state index is 8.52. The minimum Gasteiger partial charge on any atom is -0.196 e. The van der Waals surface area contributed by atoms with E-state index in [0.717, 1.165) is 6.42 Å². The fraction of sp³-hybridized carbons (Fsp3) is 0.875. The van der Waals surface area contributed by atoms with Gasteiger partial charge in [-0.15, -0.1) is 0 Å². The average Bonchev–Trinajstić information content (AvgIpc) is 1.88. The Labute approximate surface area is 68.1 Å². The number of hydrogen-bond donors (Lipinski definition) is 0. The van der Waals surface area contributed by atoms with Crippen molar-refractivity contribution in [2.75, 3.05) is 0 Å². The number of nitriles is 1. The Balaban J connectivity index is 4.03. The highest BCUT2D eigenvalue weighted by Crippen LogP contribution is 2.08. The van der Waals surface area contributed by atoms with Gasteiger partial charge in [0.1, 0.15) is 0 Å². The lowest BCUT2D eigenvalue weighted by Gasteiger charge is -2.09. The van der Waals surface area contributed by atoms with Gasteiger partial charge in [-0.3, -0.25) is 0 Å². The Morgan fingerprint density at radius 1 is 1.45 bits per heavy atom. The highest BCUT2D eigenvalue weighted by atomic mass is 15.2. The Morgan fingerprint density at radius 3 is 2.27 bits per heavy atom. The van der Waals surface area contributed by atoms with Crippen LogP contribution in [0.1, 0.15) is 34.1 Å². The molecule has 0 amide bonds. The van der Waals surface area contributed by atoms with Crippen molar-refractivity contribution in [1.82, 2.24) is 0 Å². The molecule has 0 saturated heterocycles. The summed E-state index contributed by atoms with van der Waals surface area (Å²) in [5.41, 5.74) is -0.162. The summed E-state index contributed by atoms with van der Waals surface area (Å²) in [6.07, 6.45) is 0.732. The van der Waals surface area contributed by atoms with Gasteiger partial charge in [0.2, 0.25) is 0 Å². The minimum atomic E-state index is -0.269. The summed E-state index contributed by atoms with van der Waals surface area (Å²) >= 11 is 0. The van der Waals surface area contributed by atoms with E-state index < -0.39 is 0 Å². The molecule has 62 valence electrons. The van der Waals surface area contributed by atoms with E-state index in [1.54, 1.807) is 0 Å². The molecule has 0 aromatic rings. The maximum atomic E-state index is 8.52. The second kappa shape index (κ2) is 4.07. The van der Waals surface area contributed by atoms with E-state index in [1.807, 2.05) is 27.7 Å². The van der Waals surface area contributed by atoms with Crippen LogP contribution in [0, 0.1) is 11.3 Å². The molecule has 0 bridgehead atoms. The van der Waals surface area contributed by atoms with E-state index in [9.17, 15) is 0 Å². The summed E-state index contributed by atoms with van der Waals surface area (Å²) in [6.45, 7) is 7.80. The third-order valence-corrected chi connectivity index (χ3v) is 1.03. The fourth-order valence-corrected chi connectivity index (χ4v) is 0.442. The summed E-state index contributed by atoms with van der Waals surface area (Å²) < 4.78 is 0. The van der Waals surface area contributed by atoms with Crippen molar-refractivity contribution in [3.63, 3.8) is 0 Å². The van der Waals surface area contributed by atoms with Crippen LogP contribution in [0.25, 0.3) is 0 Å². The van der Waals surface area contributed by atoms with E-state index in [4.69, 9.17) is 5.26 Å². The van der Waals surface area contributed by atoms with E-state index in [1.165, 1.54) is 0 Å². The summed E-state index contributed by atoms with van der Waals surface area (Å²) in [5, 5.41) is 16.4. The van der Waals surface area contributed by atoms with Gasteiger partial charge in [-0.1, -0.05) is 6.92 Å². The van der Waals surface area contributed by atoms with Crippen LogP contribution in [-0.2, 0) is 0 Å². The van der Waals surface area contributed by atoms with Crippen LogP contribution < -0.4 is 0 Å². The molecule has 0 saturated carbocycles. The third kappa shape index (κ3) is 5.53. The van der Waals surface area contributed by atoms with Crippen molar-refractivity contribution in [2.24, 2.45) is 10.2 Å². The predicted molar refractivity (Wildman–Crippen MR) is 44.3 cm³/mol. The molecule has 0 radical (unpaired) electrons. The lowest BCUT2D eigenvalue weighted by Crippen LogP contribution is -2.10. The molecule has 3 nitrogen and oxygen atoms in total.